The average Bonchev–Trinajstić information content (AvgIpc) is 3.42. The molecule has 0 saturated heterocycles. The molecular weight excluding hydrogens is 314 g/mol. The highest BCUT2D eigenvalue weighted by Gasteiger charge is 2.29. The van der Waals surface area contributed by atoms with Gasteiger partial charge in [0.25, 0.3) is 0 Å². The van der Waals surface area contributed by atoms with Gasteiger partial charge in [-0.25, -0.2) is 4.79 Å². The smallest absolute Gasteiger partial charge is 0.321 e. The summed E-state index contributed by atoms with van der Waals surface area (Å²) in [6.45, 7) is 2.57. The Hall–Kier alpha value is -2.82. The first-order valence-electron chi connectivity index (χ1n) is 8.50. The lowest BCUT2D eigenvalue weighted by atomic mass is 10.1. The molecule has 1 saturated carbocycles. The topological polar surface area (TPSA) is 61.4 Å². The summed E-state index contributed by atoms with van der Waals surface area (Å²) in [4.78, 5) is 25.8. The summed E-state index contributed by atoms with van der Waals surface area (Å²) < 4.78 is 0. The van der Waals surface area contributed by atoms with Gasteiger partial charge in [-0.1, -0.05) is 35.9 Å². The van der Waals surface area contributed by atoms with Gasteiger partial charge < -0.3 is 15.5 Å². The van der Waals surface area contributed by atoms with E-state index in [9.17, 15) is 9.59 Å². The van der Waals surface area contributed by atoms with Crippen LogP contribution in [-0.4, -0.2) is 23.9 Å². The normalized spacial score (nSPS) is 13.2. The highest BCUT2D eigenvalue weighted by atomic mass is 16.2. The largest absolute Gasteiger partial charge is 0.326 e. The third kappa shape index (κ3) is 4.83. The van der Waals surface area contributed by atoms with Crippen molar-refractivity contribution in [2.75, 3.05) is 17.7 Å². The number of carbonyl (C=O) groups is 2. The van der Waals surface area contributed by atoms with Crippen LogP contribution in [0, 0.1) is 12.8 Å². The molecule has 2 aromatic carbocycles. The van der Waals surface area contributed by atoms with E-state index in [-0.39, 0.29) is 17.9 Å². The molecule has 0 radical (unpaired) electrons. The van der Waals surface area contributed by atoms with Gasteiger partial charge in [0.05, 0.1) is 0 Å². The summed E-state index contributed by atoms with van der Waals surface area (Å²) >= 11 is 0. The zero-order chi connectivity index (χ0) is 17.8. The quantitative estimate of drug-likeness (QED) is 0.866. The monoisotopic (exact) mass is 337 g/mol. The summed E-state index contributed by atoms with van der Waals surface area (Å²) in [7, 11) is 1.76. The van der Waals surface area contributed by atoms with E-state index in [4.69, 9.17) is 0 Å². The van der Waals surface area contributed by atoms with E-state index in [1.165, 1.54) is 5.56 Å². The molecule has 0 aromatic heterocycles. The lowest BCUT2D eigenvalue weighted by Gasteiger charge is -2.18. The van der Waals surface area contributed by atoms with Crippen LogP contribution < -0.4 is 10.6 Å². The molecule has 2 aromatic rings. The summed E-state index contributed by atoms with van der Waals surface area (Å²) in [5.41, 5.74) is 3.64. The van der Waals surface area contributed by atoms with Crippen molar-refractivity contribution in [2.45, 2.75) is 26.3 Å². The lowest BCUT2D eigenvalue weighted by molar-refractivity contribution is -0.117. The fourth-order valence-electron chi connectivity index (χ4n) is 2.52. The Morgan fingerprint density at radius 3 is 2.32 bits per heavy atom. The first kappa shape index (κ1) is 17.0. The predicted molar refractivity (Wildman–Crippen MR) is 99.5 cm³/mol. The Balaban J connectivity index is 1.57. The second-order valence-electron chi connectivity index (χ2n) is 6.62. The molecule has 5 heteroatoms. The van der Waals surface area contributed by atoms with Crippen molar-refractivity contribution >= 4 is 23.3 Å². The molecule has 1 fully saturated rings. The Morgan fingerprint density at radius 2 is 1.68 bits per heavy atom. The highest BCUT2D eigenvalue weighted by Crippen LogP contribution is 2.30. The van der Waals surface area contributed by atoms with Gasteiger partial charge in [-0.3, -0.25) is 4.79 Å². The molecule has 130 valence electrons. The van der Waals surface area contributed by atoms with Gasteiger partial charge in [0.15, 0.2) is 0 Å². The molecule has 0 unspecified atom stereocenters. The minimum Gasteiger partial charge on any atom is -0.326 e. The van der Waals surface area contributed by atoms with Crippen LogP contribution in [0.15, 0.2) is 48.5 Å². The zero-order valence-electron chi connectivity index (χ0n) is 14.6. The van der Waals surface area contributed by atoms with Crippen LogP contribution in [0.2, 0.25) is 0 Å². The van der Waals surface area contributed by atoms with E-state index in [0.29, 0.717) is 17.9 Å². The van der Waals surface area contributed by atoms with Gasteiger partial charge in [0, 0.05) is 30.9 Å². The van der Waals surface area contributed by atoms with Gasteiger partial charge >= 0.3 is 6.03 Å². The number of rotatable bonds is 5. The van der Waals surface area contributed by atoms with Crippen LogP contribution in [0.3, 0.4) is 0 Å². The number of amides is 3. The molecule has 0 aliphatic heterocycles. The van der Waals surface area contributed by atoms with Crippen molar-refractivity contribution < 1.29 is 9.59 Å². The van der Waals surface area contributed by atoms with Crippen molar-refractivity contribution in [2.24, 2.45) is 5.92 Å². The molecule has 0 atom stereocenters. The predicted octanol–water partition coefficient (Wildman–Crippen LogP) is 4.01. The molecule has 0 bridgehead atoms. The summed E-state index contributed by atoms with van der Waals surface area (Å²) in [6, 6.07) is 15.2. The van der Waals surface area contributed by atoms with Gasteiger partial charge in [-0.15, -0.1) is 0 Å². The molecule has 0 spiro atoms. The molecule has 25 heavy (non-hydrogen) atoms. The third-order valence-electron chi connectivity index (χ3n) is 4.22. The van der Waals surface area contributed by atoms with Crippen LogP contribution in [0.1, 0.15) is 24.0 Å². The van der Waals surface area contributed by atoms with E-state index >= 15 is 0 Å². The molecule has 2 N–H and O–H groups in total. The third-order valence-corrected chi connectivity index (χ3v) is 4.22. The first-order valence-corrected chi connectivity index (χ1v) is 8.50. The molecule has 0 heterocycles. The maximum atomic E-state index is 12.4. The molecule has 3 amide bonds. The SMILES string of the molecule is Cc1ccc(CN(C)C(=O)Nc2cccc(NC(=O)C3CC3)c2)cc1. The molecule has 1 aliphatic carbocycles. The number of nitrogens with zero attached hydrogens (tertiary/aromatic N) is 1. The fraction of sp³-hybridized carbons (Fsp3) is 0.300. The van der Waals surface area contributed by atoms with Crippen LogP contribution in [0.5, 0.6) is 0 Å². The van der Waals surface area contributed by atoms with Crippen molar-refractivity contribution in [3.63, 3.8) is 0 Å². The molecule has 3 rings (SSSR count). The molecule has 5 nitrogen and oxygen atoms in total. The first-order chi connectivity index (χ1) is 12.0. The Labute approximate surface area is 148 Å². The number of urea groups is 1. The van der Waals surface area contributed by atoms with Gasteiger partial charge in [-0.05, 0) is 43.5 Å². The summed E-state index contributed by atoms with van der Waals surface area (Å²) in [5.74, 6) is 0.207. The summed E-state index contributed by atoms with van der Waals surface area (Å²) in [5, 5.41) is 5.76. The zero-order valence-corrected chi connectivity index (χ0v) is 14.6. The van der Waals surface area contributed by atoms with E-state index in [1.807, 2.05) is 49.4 Å². The van der Waals surface area contributed by atoms with Gasteiger partial charge in [0.2, 0.25) is 5.91 Å². The number of anilines is 2. The number of carbonyl (C=O) groups excluding carboxylic acids is 2. The minimum atomic E-state index is -0.189. The Kier molecular flexibility index (Phi) is 5.03. The van der Waals surface area contributed by atoms with Crippen molar-refractivity contribution in [1.29, 1.82) is 0 Å². The van der Waals surface area contributed by atoms with E-state index in [2.05, 4.69) is 10.6 Å². The van der Waals surface area contributed by atoms with E-state index in [0.717, 1.165) is 18.4 Å². The number of aryl methyl sites for hydroxylation is 1. The minimum absolute atomic E-state index is 0.0555. The number of nitrogens with one attached hydrogen (secondary N) is 2. The average molecular weight is 337 g/mol. The second kappa shape index (κ2) is 7.38. The Morgan fingerprint density at radius 1 is 1.04 bits per heavy atom. The van der Waals surface area contributed by atoms with Crippen LogP contribution in [-0.2, 0) is 11.3 Å². The van der Waals surface area contributed by atoms with E-state index < -0.39 is 0 Å². The maximum Gasteiger partial charge on any atom is 0.321 e. The number of hydrogen-bond acceptors (Lipinski definition) is 2. The standard InChI is InChI=1S/C20H23N3O2/c1-14-6-8-15(9-7-14)13-23(2)20(25)22-18-5-3-4-17(12-18)21-19(24)16-10-11-16/h3-9,12,16H,10-11,13H2,1-2H3,(H,21,24)(H,22,25). The van der Waals surface area contributed by atoms with Crippen LogP contribution in [0.4, 0.5) is 16.2 Å². The maximum absolute atomic E-state index is 12.4. The van der Waals surface area contributed by atoms with E-state index in [1.54, 1.807) is 18.0 Å². The van der Waals surface area contributed by atoms with Crippen LogP contribution >= 0.6 is 0 Å². The molecular formula is C20H23N3O2. The number of hydrogen-bond donors (Lipinski definition) is 2. The van der Waals surface area contributed by atoms with Crippen LogP contribution in [0.25, 0.3) is 0 Å². The molecule has 1 aliphatic rings. The van der Waals surface area contributed by atoms with Gasteiger partial charge in [0.1, 0.15) is 0 Å². The second-order valence-corrected chi connectivity index (χ2v) is 6.62. The summed E-state index contributed by atoms with van der Waals surface area (Å²) in [6.07, 6.45) is 1.93. The van der Waals surface area contributed by atoms with Crippen molar-refractivity contribution in [1.82, 2.24) is 4.90 Å². The van der Waals surface area contributed by atoms with Crippen molar-refractivity contribution in [3.8, 4) is 0 Å². The Bertz CT molecular complexity index is 767. The van der Waals surface area contributed by atoms with Gasteiger partial charge in [-0.2, -0.15) is 0 Å². The fourth-order valence-corrected chi connectivity index (χ4v) is 2.52. The highest BCUT2D eigenvalue weighted by molar-refractivity contribution is 5.95. The number of benzene rings is 2. The van der Waals surface area contributed by atoms with Crippen molar-refractivity contribution in [3.05, 3.63) is 59.7 Å². The lowest BCUT2D eigenvalue weighted by Crippen LogP contribution is -2.30.